The van der Waals surface area contributed by atoms with Crippen LogP contribution in [-0.2, 0) is 27.3 Å². The molecule has 0 atom stereocenters. The van der Waals surface area contributed by atoms with E-state index in [1.165, 1.54) is 17.8 Å². The molecule has 2 rings (SSSR count). The van der Waals surface area contributed by atoms with E-state index in [0.29, 0.717) is 10.6 Å². The van der Waals surface area contributed by atoms with Crippen molar-refractivity contribution in [1.82, 2.24) is 9.29 Å². The van der Waals surface area contributed by atoms with Gasteiger partial charge in [-0.25, -0.2) is 13.1 Å². The van der Waals surface area contributed by atoms with Crippen LogP contribution in [0.3, 0.4) is 0 Å². The molecule has 0 bridgehead atoms. The molecule has 0 unspecified atom stereocenters. The molecule has 1 heterocycles. The van der Waals surface area contributed by atoms with E-state index in [2.05, 4.69) is 0 Å². The number of amides is 2. The molecule has 3 N–H and O–H groups in total. The zero-order valence-electron chi connectivity index (χ0n) is 13.9. The number of aryl methyl sites for hydroxylation is 1. The Balaban J connectivity index is 2.32. The molecule has 0 spiro atoms. The first kappa shape index (κ1) is 19.0. The van der Waals surface area contributed by atoms with Crippen molar-refractivity contribution in [3.63, 3.8) is 0 Å². The van der Waals surface area contributed by atoms with Gasteiger partial charge in [0.25, 0.3) is 15.9 Å². The highest BCUT2D eigenvalue weighted by atomic mass is 35.5. The third kappa shape index (κ3) is 3.85. The first-order valence-electron chi connectivity index (χ1n) is 7.24. The number of nitrogens with one attached hydrogen (secondary N) is 1. The third-order valence-electron chi connectivity index (χ3n) is 3.88. The van der Waals surface area contributed by atoms with Crippen molar-refractivity contribution in [3.05, 3.63) is 52.8 Å². The summed E-state index contributed by atoms with van der Waals surface area (Å²) in [6.07, 6.45) is 1.21. The first-order valence-corrected chi connectivity index (χ1v) is 9.11. The van der Waals surface area contributed by atoms with Crippen LogP contribution in [0.25, 0.3) is 0 Å². The summed E-state index contributed by atoms with van der Waals surface area (Å²) in [4.78, 5) is 23.6. The minimum Gasteiger partial charge on any atom is -0.364 e. The number of rotatable bonds is 5. The van der Waals surface area contributed by atoms with Gasteiger partial charge in [0.1, 0.15) is 10.6 Å². The van der Waals surface area contributed by atoms with Crippen LogP contribution in [0.15, 0.2) is 41.4 Å². The van der Waals surface area contributed by atoms with E-state index in [1.54, 1.807) is 38.1 Å². The zero-order valence-corrected chi connectivity index (χ0v) is 15.5. The fraction of sp³-hybridized carbons (Fsp3) is 0.250. The standard InChI is InChI=1S/C16H18ClN3O4S/c1-16(2,10-5-4-6-11(17)7-10)15(22)19-25(23,24)12-8-13(14(18)21)20(3)9-12/h4-9H,1-3H3,(H2,18,21)(H,19,22). The van der Waals surface area contributed by atoms with Gasteiger partial charge in [-0.1, -0.05) is 23.7 Å². The van der Waals surface area contributed by atoms with Crippen molar-refractivity contribution in [2.45, 2.75) is 24.2 Å². The van der Waals surface area contributed by atoms with Crippen molar-refractivity contribution in [2.24, 2.45) is 12.8 Å². The average Bonchev–Trinajstić information content (AvgIpc) is 2.90. The summed E-state index contributed by atoms with van der Waals surface area (Å²) in [6.45, 7) is 3.17. The second-order valence-electron chi connectivity index (χ2n) is 6.11. The molecule has 0 saturated carbocycles. The van der Waals surface area contributed by atoms with Crippen molar-refractivity contribution >= 4 is 33.4 Å². The van der Waals surface area contributed by atoms with Crippen LogP contribution in [0.1, 0.15) is 29.9 Å². The van der Waals surface area contributed by atoms with E-state index in [-0.39, 0.29) is 10.6 Å². The highest BCUT2D eigenvalue weighted by Crippen LogP contribution is 2.26. The smallest absolute Gasteiger partial charge is 0.265 e. The van der Waals surface area contributed by atoms with Crippen molar-refractivity contribution in [2.75, 3.05) is 0 Å². The van der Waals surface area contributed by atoms with Gasteiger partial charge >= 0.3 is 0 Å². The Morgan fingerprint density at radius 2 is 1.88 bits per heavy atom. The fourth-order valence-electron chi connectivity index (χ4n) is 2.24. The number of aromatic nitrogens is 1. The van der Waals surface area contributed by atoms with Gasteiger partial charge in [0, 0.05) is 18.3 Å². The SMILES string of the molecule is Cn1cc(S(=O)(=O)NC(=O)C(C)(C)c2cccc(Cl)c2)cc1C(N)=O. The number of sulfonamides is 1. The topological polar surface area (TPSA) is 111 Å². The number of primary amides is 1. The van der Waals surface area contributed by atoms with Gasteiger partial charge in [-0.2, -0.15) is 0 Å². The highest BCUT2D eigenvalue weighted by Gasteiger charge is 2.34. The number of carbonyl (C=O) groups excluding carboxylic acids is 2. The summed E-state index contributed by atoms with van der Waals surface area (Å²) in [5.41, 5.74) is 4.62. The number of carbonyl (C=O) groups is 2. The summed E-state index contributed by atoms with van der Waals surface area (Å²) in [5, 5.41) is 0.440. The predicted octanol–water partition coefficient (Wildman–Crippen LogP) is 1.56. The molecule has 7 nitrogen and oxygen atoms in total. The predicted molar refractivity (Wildman–Crippen MR) is 93.7 cm³/mol. The molecule has 0 aliphatic heterocycles. The Labute approximate surface area is 150 Å². The molecule has 1 aromatic carbocycles. The van der Waals surface area contributed by atoms with Gasteiger partial charge in [0.2, 0.25) is 5.91 Å². The molecule has 25 heavy (non-hydrogen) atoms. The van der Waals surface area contributed by atoms with E-state index < -0.39 is 27.3 Å². The maximum atomic E-state index is 12.6. The van der Waals surface area contributed by atoms with Gasteiger partial charge < -0.3 is 10.3 Å². The van der Waals surface area contributed by atoms with Crippen LogP contribution in [0, 0.1) is 0 Å². The molecular formula is C16H18ClN3O4S. The number of nitrogens with two attached hydrogens (primary N) is 1. The van der Waals surface area contributed by atoms with Crippen LogP contribution in [0.5, 0.6) is 0 Å². The largest absolute Gasteiger partial charge is 0.364 e. The lowest BCUT2D eigenvalue weighted by atomic mass is 9.84. The van der Waals surface area contributed by atoms with Crippen LogP contribution in [0.2, 0.25) is 5.02 Å². The van der Waals surface area contributed by atoms with Crippen LogP contribution in [-0.4, -0.2) is 24.8 Å². The quantitative estimate of drug-likeness (QED) is 0.815. The Hall–Kier alpha value is -2.32. The zero-order chi connectivity index (χ0) is 19.0. The fourth-order valence-corrected chi connectivity index (χ4v) is 3.61. The summed E-state index contributed by atoms with van der Waals surface area (Å²) < 4.78 is 28.2. The Morgan fingerprint density at radius 1 is 1.24 bits per heavy atom. The molecule has 0 fully saturated rings. The maximum Gasteiger partial charge on any atom is 0.265 e. The third-order valence-corrected chi connectivity index (χ3v) is 5.42. The molecule has 1 aromatic heterocycles. The second kappa shape index (κ2) is 6.53. The van der Waals surface area contributed by atoms with E-state index in [4.69, 9.17) is 17.3 Å². The van der Waals surface area contributed by atoms with E-state index in [1.807, 2.05) is 4.72 Å². The minimum absolute atomic E-state index is 0.0157. The van der Waals surface area contributed by atoms with Gasteiger partial charge in [-0.15, -0.1) is 0 Å². The second-order valence-corrected chi connectivity index (χ2v) is 8.23. The normalized spacial score (nSPS) is 12.0. The lowest BCUT2D eigenvalue weighted by Gasteiger charge is -2.24. The summed E-state index contributed by atoms with van der Waals surface area (Å²) in [7, 11) is -2.67. The van der Waals surface area contributed by atoms with Crippen LogP contribution < -0.4 is 10.5 Å². The first-order chi connectivity index (χ1) is 11.4. The van der Waals surface area contributed by atoms with Gasteiger partial charge in [-0.05, 0) is 37.6 Å². The summed E-state index contributed by atoms with van der Waals surface area (Å²) in [5.74, 6) is -1.49. The molecule has 0 aliphatic carbocycles. The lowest BCUT2D eigenvalue weighted by molar-refractivity contribution is -0.123. The molecule has 2 amide bonds. The lowest BCUT2D eigenvalue weighted by Crippen LogP contribution is -2.43. The molecule has 0 saturated heterocycles. The number of halogens is 1. The van der Waals surface area contributed by atoms with Gasteiger partial charge in [0.15, 0.2) is 0 Å². The Kier molecular flexibility index (Phi) is 4.97. The monoisotopic (exact) mass is 383 g/mol. The number of hydrogen-bond acceptors (Lipinski definition) is 4. The van der Waals surface area contributed by atoms with Crippen molar-refractivity contribution in [3.8, 4) is 0 Å². The van der Waals surface area contributed by atoms with Crippen LogP contribution >= 0.6 is 11.6 Å². The molecule has 2 aromatic rings. The molecule has 9 heteroatoms. The number of nitrogens with zero attached hydrogens (tertiary/aromatic N) is 1. The molecule has 0 radical (unpaired) electrons. The van der Waals surface area contributed by atoms with Gasteiger partial charge in [-0.3, -0.25) is 9.59 Å². The van der Waals surface area contributed by atoms with Crippen LogP contribution in [0.4, 0.5) is 0 Å². The summed E-state index contributed by atoms with van der Waals surface area (Å²) in [6, 6.07) is 7.74. The maximum absolute atomic E-state index is 12.6. The number of hydrogen-bond donors (Lipinski definition) is 2. The van der Waals surface area contributed by atoms with E-state index in [9.17, 15) is 18.0 Å². The van der Waals surface area contributed by atoms with Gasteiger partial charge in [0.05, 0.1) is 5.41 Å². The Bertz CT molecular complexity index is 948. The average molecular weight is 384 g/mol. The molecule has 134 valence electrons. The molecule has 0 aliphatic rings. The minimum atomic E-state index is -4.16. The highest BCUT2D eigenvalue weighted by molar-refractivity contribution is 7.90. The van der Waals surface area contributed by atoms with Crippen molar-refractivity contribution < 1.29 is 18.0 Å². The number of benzene rings is 1. The van der Waals surface area contributed by atoms with Crippen molar-refractivity contribution in [1.29, 1.82) is 0 Å². The Morgan fingerprint density at radius 3 is 2.40 bits per heavy atom. The van der Waals surface area contributed by atoms with E-state index in [0.717, 1.165) is 6.07 Å². The molecular weight excluding hydrogens is 366 g/mol. The van der Waals surface area contributed by atoms with E-state index >= 15 is 0 Å². The summed E-state index contributed by atoms with van der Waals surface area (Å²) >= 11 is 5.94.